The topological polar surface area (TPSA) is 46.7 Å². The molecular formula is C20H28O3. The average Bonchev–Trinajstić information content (AvgIpc) is 3.18. The molecule has 0 aromatic rings. The molecule has 1 heterocycles. The maximum absolute atomic E-state index is 12.9. The van der Waals surface area contributed by atoms with Gasteiger partial charge in [0.1, 0.15) is 18.0 Å². The molecule has 3 aliphatic rings. The first-order valence-corrected chi connectivity index (χ1v) is 8.85. The third-order valence-corrected chi connectivity index (χ3v) is 6.60. The minimum atomic E-state index is -0.359. The van der Waals surface area contributed by atoms with Crippen molar-refractivity contribution in [3.63, 3.8) is 0 Å². The lowest BCUT2D eigenvalue weighted by atomic mass is 9.59. The number of epoxide rings is 1. The van der Waals surface area contributed by atoms with E-state index in [1.165, 1.54) is 5.57 Å². The van der Waals surface area contributed by atoms with Gasteiger partial charge in [0, 0.05) is 11.5 Å². The predicted octanol–water partition coefficient (Wildman–Crippen LogP) is 4.02. The van der Waals surface area contributed by atoms with E-state index < -0.39 is 0 Å². The summed E-state index contributed by atoms with van der Waals surface area (Å²) in [5, 5.41) is 0. The molecule has 1 saturated heterocycles. The van der Waals surface area contributed by atoms with Gasteiger partial charge in [0.05, 0.1) is 0 Å². The smallest absolute Gasteiger partial charge is 0.190 e. The summed E-state index contributed by atoms with van der Waals surface area (Å²) >= 11 is 0. The van der Waals surface area contributed by atoms with Gasteiger partial charge in [-0.15, -0.1) is 0 Å². The van der Waals surface area contributed by atoms with Crippen LogP contribution >= 0.6 is 0 Å². The second kappa shape index (κ2) is 5.70. The summed E-state index contributed by atoms with van der Waals surface area (Å²) in [7, 11) is 0. The van der Waals surface area contributed by atoms with E-state index in [2.05, 4.69) is 26.8 Å². The molecule has 23 heavy (non-hydrogen) atoms. The van der Waals surface area contributed by atoms with E-state index in [9.17, 15) is 9.59 Å². The van der Waals surface area contributed by atoms with Crippen molar-refractivity contribution in [2.45, 2.75) is 71.5 Å². The van der Waals surface area contributed by atoms with Crippen molar-refractivity contribution < 1.29 is 14.3 Å². The maximum atomic E-state index is 12.9. The number of rotatable bonds is 1. The molecule has 2 bridgehead atoms. The largest absolute Gasteiger partial charge is 0.358 e. The summed E-state index contributed by atoms with van der Waals surface area (Å²) in [6.45, 7) is 8.58. The van der Waals surface area contributed by atoms with Gasteiger partial charge in [-0.2, -0.15) is 0 Å². The van der Waals surface area contributed by atoms with Gasteiger partial charge in [0.25, 0.3) is 0 Å². The molecule has 0 N–H and O–H groups in total. The number of aldehydes is 1. The lowest BCUT2D eigenvalue weighted by Gasteiger charge is -2.44. The van der Waals surface area contributed by atoms with E-state index in [-0.39, 0.29) is 28.8 Å². The number of hydrogen-bond acceptors (Lipinski definition) is 3. The molecule has 5 atom stereocenters. The first-order valence-electron chi connectivity index (χ1n) is 8.85. The lowest BCUT2D eigenvalue weighted by molar-refractivity contribution is -0.122. The van der Waals surface area contributed by atoms with Crippen LogP contribution in [0.1, 0.15) is 59.8 Å². The maximum Gasteiger partial charge on any atom is 0.190 e. The second-order valence-electron chi connectivity index (χ2n) is 8.18. The van der Waals surface area contributed by atoms with Crippen LogP contribution in [0.2, 0.25) is 0 Å². The van der Waals surface area contributed by atoms with Crippen LogP contribution in [0.3, 0.4) is 0 Å². The minimum absolute atomic E-state index is 0.0454. The Morgan fingerprint density at radius 1 is 1.26 bits per heavy atom. The van der Waals surface area contributed by atoms with Crippen LogP contribution in [0.25, 0.3) is 0 Å². The van der Waals surface area contributed by atoms with Gasteiger partial charge in [-0.05, 0) is 57.3 Å². The normalized spacial score (nSPS) is 46.4. The van der Waals surface area contributed by atoms with Crippen LogP contribution in [0.15, 0.2) is 23.3 Å². The number of carbonyl (C=O) groups is 2. The molecule has 0 radical (unpaired) electrons. The van der Waals surface area contributed by atoms with Crippen molar-refractivity contribution in [2.75, 3.05) is 0 Å². The third-order valence-electron chi connectivity index (χ3n) is 6.60. The lowest BCUT2D eigenvalue weighted by Crippen LogP contribution is -2.42. The number of hydrogen-bond donors (Lipinski definition) is 0. The predicted molar refractivity (Wildman–Crippen MR) is 90.0 cm³/mol. The molecule has 2 aliphatic carbocycles. The molecule has 3 rings (SSSR count). The Kier molecular flexibility index (Phi) is 4.12. The number of ether oxygens (including phenoxy) is 1. The fourth-order valence-corrected chi connectivity index (χ4v) is 4.33. The first-order chi connectivity index (χ1) is 10.8. The number of carbonyl (C=O) groups excluding carboxylic acids is 2. The summed E-state index contributed by atoms with van der Waals surface area (Å²) < 4.78 is 5.77. The summed E-state index contributed by atoms with van der Waals surface area (Å²) in [5.74, 6) is 0.139. The highest BCUT2D eigenvalue weighted by Gasteiger charge is 2.58. The van der Waals surface area contributed by atoms with Crippen molar-refractivity contribution in [1.82, 2.24) is 0 Å². The van der Waals surface area contributed by atoms with E-state index in [4.69, 9.17) is 4.74 Å². The molecular weight excluding hydrogens is 288 g/mol. The molecule has 0 aromatic heterocycles. The van der Waals surface area contributed by atoms with Gasteiger partial charge in [-0.25, -0.2) is 0 Å². The summed E-state index contributed by atoms with van der Waals surface area (Å²) in [6.07, 6.45) is 9.56. The van der Waals surface area contributed by atoms with Gasteiger partial charge in [-0.3, -0.25) is 4.79 Å². The number of allylic oxidation sites excluding steroid dienone is 3. The molecule has 0 aromatic carbocycles. The van der Waals surface area contributed by atoms with E-state index in [1.54, 1.807) is 0 Å². The molecule has 0 unspecified atom stereocenters. The van der Waals surface area contributed by atoms with E-state index in [0.29, 0.717) is 11.5 Å². The Bertz CT molecular complexity index is 588. The van der Waals surface area contributed by atoms with E-state index >= 15 is 0 Å². The second-order valence-corrected chi connectivity index (χ2v) is 8.18. The van der Waals surface area contributed by atoms with Crippen molar-refractivity contribution in [3.8, 4) is 0 Å². The summed E-state index contributed by atoms with van der Waals surface area (Å²) in [6, 6.07) is 0. The monoisotopic (exact) mass is 316 g/mol. The molecule has 0 spiro atoms. The van der Waals surface area contributed by atoms with Crippen molar-refractivity contribution in [1.29, 1.82) is 0 Å². The Morgan fingerprint density at radius 3 is 2.70 bits per heavy atom. The zero-order chi connectivity index (χ0) is 16.8. The highest BCUT2D eigenvalue weighted by Crippen LogP contribution is 2.51. The fraction of sp³-hybridized carbons (Fsp3) is 0.700. The Labute approximate surface area is 139 Å². The Hall–Kier alpha value is -1.22. The van der Waals surface area contributed by atoms with Crippen LogP contribution in [0, 0.1) is 17.3 Å². The van der Waals surface area contributed by atoms with E-state index in [1.807, 2.05) is 13.0 Å². The fourth-order valence-electron chi connectivity index (χ4n) is 4.33. The molecule has 0 saturated carbocycles. The number of ketones is 1. The molecule has 1 fully saturated rings. The van der Waals surface area contributed by atoms with Gasteiger partial charge < -0.3 is 9.53 Å². The number of fused-ring (bicyclic) bond motifs is 3. The minimum Gasteiger partial charge on any atom is -0.358 e. The summed E-state index contributed by atoms with van der Waals surface area (Å²) in [5.41, 5.74) is 1.59. The van der Waals surface area contributed by atoms with Crippen molar-refractivity contribution >= 4 is 12.1 Å². The van der Waals surface area contributed by atoms with Crippen LogP contribution in [0.4, 0.5) is 0 Å². The summed E-state index contributed by atoms with van der Waals surface area (Å²) in [4.78, 5) is 24.9. The van der Waals surface area contributed by atoms with Crippen molar-refractivity contribution in [3.05, 3.63) is 23.3 Å². The molecule has 3 heteroatoms. The average molecular weight is 316 g/mol. The standard InChI is InChI=1S/C20H28O3/c1-13-6-5-10-20(4)18(23-20)17(22)15-8-7-14(2)19(3,11-9-13)16(15)12-21/h6,8,12,14,16,18H,5,7,9-11H2,1-4H3/b13-6+/t14-,16+,18-,19+,20-/m1/s1. The molecule has 0 amide bonds. The van der Waals surface area contributed by atoms with Crippen LogP contribution in [-0.4, -0.2) is 23.8 Å². The highest BCUT2D eigenvalue weighted by molar-refractivity contribution is 6.04. The van der Waals surface area contributed by atoms with Crippen LogP contribution < -0.4 is 0 Å². The molecule has 1 aliphatic heterocycles. The van der Waals surface area contributed by atoms with Gasteiger partial charge in [0.15, 0.2) is 5.78 Å². The molecule has 126 valence electrons. The Balaban J connectivity index is 2.01. The first kappa shape index (κ1) is 16.6. The Morgan fingerprint density at radius 2 is 2.00 bits per heavy atom. The quantitative estimate of drug-likeness (QED) is 0.417. The zero-order valence-electron chi connectivity index (χ0n) is 14.7. The van der Waals surface area contributed by atoms with Gasteiger partial charge in [0.2, 0.25) is 0 Å². The third kappa shape index (κ3) is 2.73. The highest BCUT2D eigenvalue weighted by atomic mass is 16.6. The SMILES string of the molecule is C/C1=C\CC[C@@]2(C)O[C@@H]2C(=O)C2=CC[C@@H](C)[C@](C)(CC1)[C@H]2C=O. The van der Waals surface area contributed by atoms with Gasteiger partial charge >= 0.3 is 0 Å². The van der Waals surface area contributed by atoms with Crippen LogP contribution in [-0.2, 0) is 14.3 Å². The molecule has 3 nitrogen and oxygen atoms in total. The zero-order valence-corrected chi connectivity index (χ0v) is 14.7. The van der Waals surface area contributed by atoms with Gasteiger partial charge in [-0.1, -0.05) is 31.6 Å². The van der Waals surface area contributed by atoms with E-state index in [0.717, 1.165) is 38.4 Å². The number of Topliss-reactive ketones (excluding diaryl/α,β-unsaturated/α-hetero) is 1. The van der Waals surface area contributed by atoms with Crippen molar-refractivity contribution in [2.24, 2.45) is 17.3 Å². The van der Waals surface area contributed by atoms with Crippen LogP contribution in [0.5, 0.6) is 0 Å².